The van der Waals surface area contributed by atoms with Crippen molar-refractivity contribution in [1.29, 1.82) is 0 Å². The minimum Gasteiger partial charge on any atom is -0.494 e. The van der Waals surface area contributed by atoms with Crippen molar-refractivity contribution < 1.29 is 29.9 Å². The molecule has 2 aliphatic heterocycles. The fourth-order valence-electron chi connectivity index (χ4n) is 4.82. The summed E-state index contributed by atoms with van der Waals surface area (Å²) in [7, 11) is 0. The predicted molar refractivity (Wildman–Crippen MR) is 134 cm³/mol. The van der Waals surface area contributed by atoms with Crippen molar-refractivity contribution in [3.63, 3.8) is 0 Å². The molecule has 0 aliphatic carbocycles. The summed E-state index contributed by atoms with van der Waals surface area (Å²) in [6.07, 6.45) is -0.492. The normalized spacial score (nSPS) is 27.3. The number of halogens is 1. The number of unbranched alkanes of at least 4 members (excludes halogenated alkanes) is 1. The summed E-state index contributed by atoms with van der Waals surface area (Å²) in [5, 5.41) is 40.3. The molecule has 2 saturated heterocycles. The van der Waals surface area contributed by atoms with Crippen molar-refractivity contribution in [3.05, 3.63) is 64.2 Å². The fraction of sp³-hybridized carbons (Fsp3) is 0.556. The summed E-state index contributed by atoms with van der Waals surface area (Å²) in [5.74, 6) is 0.860. The average molecular weight is 506 g/mol. The molecule has 0 spiro atoms. The molecule has 0 saturated carbocycles. The lowest BCUT2D eigenvalue weighted by Gasteiger charge is -2.40. The first kappa shape index (κ1) is 26.4. The van der Waals surface area contributed by atoms with E-state index in [-0.39, 0.29) is 0 Å². The van der Waals surface area contributed by atoms with E-state index < -0.39 is 37.1 Å². The van der Waals surface area contributed by atoms with Gasteiger partial charge in [-0.15, -0.1) is 0 Å². The second-order valence-corrected chi connectivity index (χ2v) is 9.93. The van der Waals surface area contributed by atoms with E-state index in [9.17, 15) is 20.4 Å². The van der Waals surface area contributed by atoms with Crippen LogP contribution in [0.15, 0.2) is 42.5 Å². The van der Waals surface area contributed by atoms with Crippen LogP contribution in [0.5, 0.6) is 5.75 Å². The van der Waals surface area contributed by atoms with E-state index in [4.69, 9.17) is 21.1 Å². The molecule has 0 aromatic heterocycles. The molecule has 2 aromatic rings. The number of ether oxygens (including phenoxy) is 2. The Morgan fingerprint density at radius 2 is 1.69 bits per heavy atom. The van der Waals surface area contributed by atoms with Crippen molar-refractivity contribution >= 4 is 11.6 Å². The third-order valence-corrected chi connectivity index (χ3v) is 7.30. The average Bonchev–Trinajstić information content (AvgIpc) is 3.38. The summed E-state index contributed by atoms with van der Waals surface area (Å²) < 4.78 is 11.5. The molecular formula is C27H36ClNO6. The largest absolute Gasteiger partial charge is 0.494 e. The van der Waals surface area contributed by atoms with Crippen molar-refractivity contribution in [2.45, 2.75) is 62.6 Å². The number of rotatable bonds is 10. The Kier molecular flexibility index (Phi) is 9.41. The zero-order valence-corrected chi connectivity index (χ0v) is 20.7. The first-order valence-electron chi connectivity index (χ1n) is 12.5. The first-order valence-corrected chi connectivity index (χ1v) is 12.9. The number of hydrogen-bond donors (Lipinski definition) is 4. The zero-order valence-electron chi connectivity index (χ0n) is 19.9. The van der Waals surface area contributed by atoms with Crippen LogP contribution in [0.3, 0.4) is 0 Å². The summed E-state index contributed by atoms with van der Waals surface area (Å²) in [5.41, 5.74) is 2.58. The molecule has 8 heteroatoms. The van der Waals surface area contributed by atoms with Gasteiger partial charge in [0.1, 0.15) is 36.3 Å². The molecule has 2 aliphatic rings. The zero-order chi connectivity index (χ0) is 24.8. The monoisotopic (exact) mass is 505 g/mol. The van der Waals surface area contributed by atoms with Gasteiger partial charge in [0.05, 0.1) is 13.2 Å². The molecule has 192 valence electrons. The van der Waals surface area contributed by atoms with E-state index in [1.54, 1.807) is 12.1 Å². The van der Waals surface area contributed by atoms with Crippen LogP contribution >= 0.6 is 11.6 Å². The van der Waals surface area contributed by atoms with E-state index >= 15 is 0 Å². The number of aliphatic hydroxyl groups is 4. The fourth-order valence-corrected chi connectivity index (χ4v) is 5.07. The second kappa shape index (κ2) is 12.5. The number of likely N-dealkylation sites (tertiary alicyclic amines) is 1. The minimum atomic E-state index is -1.42. The maximum Gasteiger partial charge on any atom is 0.119 e. The molecule has 0 unspecified atom stereocenters. The molecule has 0 radical (unpaired) electrons. The second-order valence-electron chi connectivity index (χ2n) is 9.53. The van der Waals surface area contributed by atoms with Gasteiger partial charge in [-0.05, 0) is 86.6 Å². The van der Waals surface area contributed by atoms with Gasteiger partial charge in [0.25, 0.3) is 0 Å². The molecule has 35 heavy (non-hydrogen) atoms. The first-order chi connectivity index (χ1) is 17.0. The van der Waals surface area contributed by atoms with Gasteiger partial charge >= 0.3 is 0 Å². The lowest BCUT2D eigenvalue weighted by Crippen LogP contribution is -2.55. The van der Waals surface area contributed by atoms with Crippen LogP contribution in [0.1, 0.15) is 48.5 Å². The molecular weight excluding hydrogens is 470 g/mol. The van der Waals surface area contributed by atoms with E-state index in [1.807, 2.05) is 30.3 Å². The molecule has 4 N–H and O–H groups in total. The van der Waals surface area contributed by atoms with Gasteiger partial charge < -0.3 is 34.8 Å². The van der Waals surface area contributed by atoms with Crippen molar-refractivity contribution in [3.8, 4) is 5.75 Å². The topological polar surface area (TPSA) is 103 Å². The van der Waals surface area contributed by atoms with Crippen molar-refractivity contribution in [1.82, 2.24) is 4.90 Å². The number of benzene rings is 2. The molecule has 0 amide bonds. The maximum absolute atomic E-state index is 10.4. The molecule has 2 heterocycles. The maximum atomic E-state index is 10.4. The summed E-state index contributed by atoms with van der Waals surface area (Å²) in [4.78, 5) is 2.52. The van der Waals surface area contributed by atoms with Crippen LogP contribution in [0, 0.1) is 0 Å². The number of aliphatic hydroxyl groups excluding tert-OH is 4. The number of nitrogens with zero attached hydrogens (tertiary/aromatic N) is 1. The highest BCUT2D eigenvalue weighted by Gasteiger charge is 2.44. The van der Waals surface area contributed by atoms with Gasteiger partial charge in [-0.3, -0.25) is 0 Å². The summed E-state index contributed by atoms with van der Waals surface area (Å²) in [6, 6.07) is 13.4. The Hall–Kier alpha value is -1.71. The summed E-state index contributed by atoms with van der Waals surface area (Å²) >= 11 is 6.53. The van der Waals surface area contributed by atoms with Gasteiger partial charge in [-0.2, -0.15) is 0 Å². The van der Waals surface area contributed by atoms with Gasteiger partial charge in [0, 0.05) is 5.02 Å². The Bertz CT molecular complexity index is 934. The quantitative estimate of drug-likeness (QED) is 0.368. The molecule has 2 aromatic carbocycles. The Labute approximate surface area is 211 Å². The standard InChI is InChI=1S/C27H36ClNO6/c28-22-16-20(27-26(33)25(32)24(31)23(17-30)35-27)8-7-19(22)15-18-5-9-21(10-6-18)34-14-4-3-13-29-11-1-2-12-29/h5-10,16,23-27,30-33H,1-4,11-15,17H2/t23-,24-,25+,26-,27+/m1/s1. The van der Waals surface area contributed by atoms with E-state index in [0.717, 1.165) is 42.9 Å². The highest BCUT2D eigenvalue weighted by Crippen LogP contribution is 2.34. The highest BCUT2D eigenvalue weighted by atomic mass is 35.5. The molecule has 0 bridgehead atoms. The molecule has 7 nitrogen and oxygen atoms in total. The van der Waals surface area contributed by atoms with Crippen LogP contribution in [0.4, 0.5) is 0 Å². The SMILES string of the molecule is OC[C@H]1O[C@@H](c2ccc(Cc3ccc(OCCCCN4CCCC4)cc3)c(Cl)c2)[C@H](O)[C@@H](O)[C@@H]1O. The lowest BCUT2D eigenvalue weighted by atomic mass is 9.90. The van der Waals surface area contributed by atoms with Crippen LogP contribution in [-0.4, -0.2) is 82.6 Å². The Morgan fingerprint density at radius 3 is 2.37 bits per heavy atom. The van der Waals surface area contributed by atoms with Crippen LogP contribution in [0.25, 0.3) is 0 Å². The number of hydrogen-bond acceptors (Lipinski definition) is 7. The third-order valence-electron chi connectivity index (χ3n) is 6.95. The Balaban J connectivity index is 1.29. The van der Waals surface area contributed by atoms with Crippen LogP contribution in [-0.2, 0) is 11.2 Å². The van der Waals surface area contributed by atoms with Gasteiger partial charge in [0.2, 0.25) is 0 Å². The summed E-state index contributed by atoms with van der Waals surface area (Å²) in [6.45, 7) is 3.90. The van der Waals surface area contributed by atoms with E-state index in [0.29, 0.717) is 17.0 Å². The van der Waals surface area contributed by atoms with Crippen LogP contribution < -0.4 is 4.74 Å². The van der Waals surface area contributed by atoms with E-state index in [1.165, 1.54) is 25.9 Å². The molecule has 2 fully saturated rings. The van der Waals surface area contributed by atoms with Gasteiger partial charge in [-0.25, -0.2) is 0 Å². The molecule has 4 rings (SSSR count). The molecule has 5 atom stereocenters. The van der Waals surface area contributed by atoms with Crippen LogP contribution in [0.2, 0.25) is 5.02 Å². The van der Waals surface area contributed by atoms with Crippen molar-refractivity contribution in [2.75, 3.05) is 32.8 Å². The third kappa shape index (κ3) is 6.74. The smallest absolute Gasteiger partial charge is 0.119 e. The van der Waals surface area contributed by atoms with E-state index in [2.05, 4.69) is 4.90 Å². The predicted octanol–water partition coefficient (Wildman–Crippen LogP) is 2.70. The highest BCUT2D eigenvalue weighted by molar-refractivity contribution is 6.31. The Morgan fingerprint density at radius 1 is 0.943 bits per heavy atom. The minimum absolute atomic E-state index is 0.467. The van der Waals surface area contributed by atoms with Gasteiger partial charge in [-0.1, -0.05) is 35.9 Å². The van der Waals surface area contributed by atoms with Gasteiger partial charge in [0.15, 0.2) is 0 Å². The lowest BCUT2D eigenvalue weighted by molar-refractivity contribution is -0.231. The van der Waals surface area contributed by atoms with Crippen molar-refractivity contribution in [2.24, 2.45) is 0 Å².